The fourth-order valence-electron chi connectivity index (χ4n) is 3.55. The minimum Gasteiger partial charge on any atom is -0.490 e. The van der Waals surface area contributed by atoms with Crippen molar-refractivity contribution in [3.63, 3.8) is 0 Å². The van der Waals surface area contributed by atoms with Gasteiger partial charge in [-0.1, -0.05) is 0 Å². The maximum absolute atomic E-state index is 12.3. The summed E-state index contributed by atoms with van der Waals surface area (Å²) < 4.78 is 5.67. The molecule has 0 radical (unpaired) electrons. The third-order valence-electron chi connectivity index (χ3n) is 5.08. The van der Waals surface area contributed by atoms with E-state index in [0.717, 1.165) is 70.4 Å². The Balaban J connectivity index is 1.42. The molecule has 28 heavy (non-hydrogen) atoms. The van der Waals surface area contributed by atoms with Crippen LogP contribution in [0.4, 0.5) is 0 Å². The van der Waals surface area contributed by atoms with Crippen molar-refractivity contribution in [2.75, 3.05) is 65.5 Å². The number of nitrogens with zero attached hydrogens (tertiary/aromatic N) is 5. The highest BCUT2D eigenvalue weighted by atomic mass is 16.5. The van der Waals surface area contributed by atoms with E-state index >= 15 is 0 Å². The molecule has 1 aromatic heterocycles. The highest BCUT2D eigenvalue weighted by molar-refractivity contribution is 5.80. The number of amides is 1. The molecule has 3 rings (SSSR count). The predicted octanol–water partition coefficient (Wildman–Crippen LogP) is 0.666. The smallest absolute Gasteiger partial charge is 0.236 e. The molecule has 0 spiro atoms. The van der Waals surface area contributed by atoms with E-state index in [1.165, 1.54) is 0 Å². The molecule has 0 aliphatic carbocycles. The molecule has 2 saturated heterocycles. The fraction of sp³-hybridized carbons (Fsp3) is 0.650. The van der Waals surface area contributed by atoms with Gasteiger partial charge in [0.1, 0.15) is 12.4 Å². The Morgan fingerprint density at radius 3 is 2.64 bits per heavy atom. The molecule has 3 heterocycles. The average Bonchev–Trinajstić information content (AvgIpc) is 3.27. The van der Waals surface area contributed by atoms with E-state index in [2.05, 4.69) is 27.0 Å². The lowest BCUT2D eigenvalue weighted by Gasteiger charge is -2.36. The van der Waals surface area contributed by atoms with Crippen LogP contribution < -0.4 is 10.1 Å². The van der Waals surface area contributed by atoms with Crippen LogP contribution in [0, 0.1) is 0 Å². The standard InChI is InChI=1S/C20H32N6O2/c1-2-22-20(23-8-15-28-18-6-5-7-21-16-18)26-13-11-24(12-14-26)17-19(27)25-9-3-4-10-25/h5-7,16H,2-4,8-15,17H2,1H3,(H,22,23). The van der Waals surface area contributed by atoms with Crippen molar-refractivity contribution in [1.29, 1.82) is 0 Å². The minimum absolute atomic E-state index is 0.277. The van der Waals surface area contributed by atoms with Crippen LogP contribution in [-0.4, -0.2) is 97.1 Å². The first-order chi connectivity index (χ1) is 13.8. The van der Waals surface area contributed by atoms with Gasteiger partial charge < -0.3 is 19.9 Å². The van der Waals surface area contributed by atoms with Gasteiger partial charge in [0.2, 0.25) is 5.91 Å². The topological polar surface area (TPSA) is 73.3 Å². The molecule has 8 heteroatoms. The van der Waals surface area contributed by atoms with E-state index in [4.69, 9.17) is 9.73 Å². The summed E-state index contributed by atoms with van der Waals surface area (Å²) in [4.78, 5) is 27.6. The molecule has 1 aromatic rings. The van der Waals surface area contributed by atoms with Crippen molar-refractivity contribution in [1.82, 2.24) is 25.0 Å². The molecular weight excluding hydrogens is 356 g/mol. The molecule has 2 aliphatic rings. The number of nitrogens with one attached hydrogen (secondary N) is 1. The summed E-state index contributed by atoms with van der Waals surface area (Å²) >= 11 is 0. The molecule has 2 aliphatic heterocycles. The van der Waals surface area contributed by atoms with Gasteiger partial charge in [-0.15, -0.1) is 0 Å². The van der Waals surface area contributed by atoms with Crippen molar-refractivity contribution in [2.45, 2.75) is 19.8 Å². The summed E-state index contributed by atoms with van der Waals surface area (Å²) in [5, 5.41) is 3.37. The molecule has 8 nitrogen and oxygen atoms in total. The first kappa shape index (κ1) is 20.4. The number of aromatic nitrogens is 1. The lowest BCUT2D eigenvalue weighted by Crippen LogP contribution is -2.54. The number of carbonyl (C=O) groups excluding carboxylic acids is 1. The summed E-state index contributed by atoms with van der Waals surface area (Å²) in [5.74, 6) is 1.96. The molecule has 0 unspecified atom stereocenters. The van der Waals surface area contributed by atoms with Crippen LogP contribution in [0.25, 0.3) is 0 Å². The van der Waals surface area contributed by atoms with Crippen LogP contribution >= 0.6 is 0 Å². The van der Waals surface area contributed by atoms with Gasteiger partial charge in [0, 0.05) is 52.0 Å². The van der Waals surface area contributed by atoms with E-state index in [9.17, 15) is 4.79 Å². The van der Waals surface area contributed by atoms with E-state index in [0.29, 0.717) is 19.7 Å². The molecule has 1 amide bonds. The third-order valence-corrected chi connectivity index (χ3v) is 5.08. The van der Waals surface area contributed by atoms with Crippen molar-refractivity contribution in [3.8, 4) is 5.75 Å². The Bertz CT molecular complexity index is 625. The van der Waals surface area contributed by atoms with Gasteiger partial charge in [-0.05, 0) is 31.9 Å². The number of aliphatic imine (C=N–C) groups is 1. The Hall–Kier alpha value is -2.35. The van der Waals surface area contributed by atoms with Crippen molar-refractivity contribution >= 4 is 11.9 Å². The molecule has 0 atom stereocenters. The summed E-state index contributed by atoms with van der Waals surface area (Å²) in [6, 6.07) is 3.75. The number of carbonyl (C=O) groups is 1. The Kier molecular flexibility index (Phi) is 7.90. The zero-order valence-electron chi connectivity index (χ0n) is 16.8. The lowest BCUT2D eigenvalue weighted by molar-refractivity contribution is -0.131. The Morgan fingerprint density at radius 1 is 1.18 bits per heavy atom. The molecule has 0 bridgehead atoms. The zero-order chi connectivity index (χ0) is 19.6. The second kappa shape index (κ2) is 10.8. The van der Waals surface area contributed by atoms with Crippen LogP contribution in [0.3, 0.4) is 0 Å². The molecule has 0 saturated carbocycles. The van der Waals surface area contributed by atoms with Gasteiger partial charge in [0.05, 0.1) is 19.3 Å². The van der Waals surface area contributed by atoms with E-state index in [-0.39, 0.29) is 5.91 Å². The van der Waals surface area contributed by atoms with Crippen LogP contribution in [0.15, 0.2) is 29.5 Å². The zero-order valence-corrected chi connectivity index (χ0v) is 16.8. The SMILES string of the molecule is CCNC(=NCCOc1cccnc1)N1CCN(CC(=O)N2CCCC2)CC1. The maximum Gasteiger partial charge on any atom is 0.236 e. The number of pyridine rings is 1. The van der Waals surface area contributed by atoms with Crippen LogP contribution in [0.1, 0.15) is 19.8 Å². The summed E-state index contributed by atoms with van der Waals surface area (Å²) in [5.41, 5.74) is 0. The Labute approximate surface area is 167 Å². The summed E-state index contributed by atoms with van der Waals surface area (Å²) in [6.45, 7) is 9.94. The summed E-state index contributed by atoms with van der Waals surface area (Å²) in [6.07, 6.45) is 5.73. The molecular formula is C20H32N6O2. The molecule has 0 aromatic carbocycles. The van der Waals surface area contributed by atoms with Crippen LogP contribution in [0.5, 0.6) is 5.75 Å². The molecule has 1 N–H and O–H groups in total. The monoisotopic (exact) mass is 388 g/mol. The number of ether oxygens (including phenoxy) is 1. The van der Waals surface area contributed by atoms with Crippen molar-refractivity contribution in [3.05, 3.63) is 24.5 Å². The second-order valence-electron chi connectivity index (χ2n) is 7.12. The van der Waals surface area contributed by atoms with Crippen molar-refractivity contribution in [2.24, 2.45) is 4.99 Å². The van der Waals surface area contributed by atoms with E-state index in [1.807, 2.05) is 17.0 Å². The first-order valence-electron chi connectivity index (χ1n) is 10.3. The van der Waals surface area contributed by atoms with Crippen LogP contribution in [0.2, 0.25) is 0 Å². The quantitative estimate of drug-likeness (QED) is 0.420. The average molecular weight is 389 g/mol. The van der Waals surface area contributed by atoms with Gasteiger partial charge in [-0.3, -0.25) is 14.7 Å². The number of hydrogen-bond donors (Lipinski definition) is 1. The lowest BCUT2D eigenvalue weighted by atomic mass is 10.3. The number of guanidine groups is 1. The number of hydrogen-bond acceptors (Lipinski definition) is 5. The number of piperazine rings is 1. The fourth-order valence-corrected chi connectivity index (χ4v) is 3.55. The number of likely N-dealkylation sites (tertiary alicyclic amines) is 1. The van der Waals surface area contributed by atoms with Crippen LogP contribution in [-0.2, 0) is 4.79 Å². The third kappa shape index (κ3) is 6.09. The predicted molar refractivity (Wildman–Crippen MR) is 110 cm³/mol. The van der Waals surface area contributed by atoms with E-state index < -0.39 is 0 Å². The normalized spacial score (nSPS) is 18.4. The highest BCUT2D eigenvalue weighted by Gasteiger charge is 2.24. The van der Waals surface area contributed by atoms with Gasteiger partial charge in [-0.25, -0.2) is 4.99 Å². The summed E-state index contributed by atoms with van der Waals surface area (Å²) in [7, 11) is 0. The van der Waals surface area contributed by atoms with Gasteiger partial charge >= 0.3 is 0 Å². The van der Waals surface area contributed by atoms with Gasteiger partial charge in [-0.2, -0.15) is 0 Å². The van der Waals surface area contributed by atoms with Crippen molar-refractivity contribution < 1.29 is 9.53 Å². The number of rotatable bonds is 7. The largest absolute Gasteiger partial charge is 0.490 e. The van der Waals surface area contributed by atoms with E-state index in [1.54, 1.807) is 12.4 Å². The first-order valence-corrected chi connectivity index (χ1v) is 10.3. The minimum atomic E-state index is 0.277. The van der Waals surface area contributed by atoms with Gasteiger partial charge in [0.25, 0.3) is 0 Å². The highest BCUT2D eigenvalue weighted by Crippen LogP contribution is 2.10. The molecule has 154 valence electrons. The maximum atomic E-state index is 12.3. The van der Waals surface area contributed by atoms with Gasteiger partial charge in [0.15, 0.2) is 5.96 Å². The second-order valence-corrected chi connectivity index (χ2v) is 7.12. The Morgan fingerprint density at radius 2 is 1.96 bits per heavy atom. The molecule has 2 fully saturated rings.